The van der Waals surface area contributed by atoms with Crippen molar-refractivity contribution in [3.8, 4) is 23.8 Å². The molecule has 3 rings (SSSR count). The number of ether oxygens (including phenoxy) is 2. The number of aromatic nitrogens is 1. The molecule has 0 N–H and O–H groups in total. The summed E-state index contributed by atoms with van der Waals surface area (Å²) in [6.45, 7) is 0.209. The van der Waals surface area contributed by atoms with E-state index in [-0.39, 0.29) is 17.9 Å². The molecule has 1 aromatic heterocycles. The molecule has 2 aromatic carbocycles. The van der Waals surface area contributed by atoms with E-state index in [1.54, 1.807) is 28.8 Å². The summed E-state index contributed by atoms with van der Waals surface area (Å²) in [7, 11) is 2.93. The summed E-state index contributed by atoms with van der Waals surface area (Å²) in [6.07, 6.45) is 5.44. The van der Waals surface area contributed by atoms with Gasteiger partial charge >= 0.3 is 0 Å². The van der Waals surface area contributed by atoms with Crippen molar-refractivity contribution in [3.05, 3.63) is 52.6 Å². The van der Waals surface area contributed by atoms with Crippen LogP contribution in [0.3, 0.4) is 0 Å². The van der Waals surface area contributed by atoms with Gasteiger partial charge in [0.05, 0.1) is 31.0 Å². The molecule has 0 spiro atoms. The number of methoxy groups -OCH3 is 2. The average Bonchev–Trinajstić information content (AvgIpc) is 2.97. The fraction of sp³-hybridized carbons (Fsp3) is 0.158. The van der Waals surface area contributed by atoms with Gasteiger partial charge in [-0.3, -0.25) is 4.79 Å². The van der Waals surface area contributed by atoms with Gasteiger partial charge in [-0.15, -0.1) is 6.42 Å². The van der Waals surface area contributed by atoms with Crippen LogP contribution >= 0.6 is 11.3 Å². The highest BCUT2D eigenvalue weighted by atomic mass is 32.1. The molecule has 0 unspecified atom stereocenters. The number of nitrogens with zero attached hydrogens (tertiary/aromatic N) is 2. The molecule has 26 heavy (non-hydrogen) atoms. The van der Waals surface area contributed by atoms with Crippen LogP contribution in [0.25, 0.3) is 10.2 Å². The van der Waals surface area contributed by atoms with Crippen LogP contribution in [0, 0.1) is 18.2 Å². The Morgan fingerprint density at radius 2 is 1.96 bits per heavy atom. The number of carbonyl (C=O) groups excluding carboxylic acids is 1. The molecule has 0 saturated carbocycles. The Balaban J connectivity index is 2.21. The maximum atomic E-state index is 13.5. The van der Waals surface area contributed by atoms with Crippen molar-refractivity contribution in [1.82, 2.24) is 4.57 Å². The lowest BCUT2D eigenvalue weighted by molar-refractivity contribution is 0.0992. The van der Waals surface area contributed by atoms with Gasteiger partial charge in [0.1, 0.15) is 22.9 Å². The maximum Gasteiger partial charge on any atom is 0.287 e. The van der Waals surface area contributed by atoms with E-state index >= 15 is 0 Å². The van der Waals surface area contributed by atoms with E-state index in [0.717, 1.165) is 0 Å². The second-order valence-electron chi connectivity index (χ2n) is 5.24. The highest BCUT2D eigenvalue weighted by molar-refractivity contribution is 7.16. The van der Waals surface area contributed by atoms with Crippen LogP contribution in [-0.4, -0.2) is 24.7 Å². The van der Waals surface area contributed by atoms with Crippen LogP contribution in [0.5, 0.6) is 11.5 Å². The van der Waals surface area contributed by atoms with Gasteiger partial charge in [-0.25, -0.2) is 4.39 Å². The molecule has 5 nitrogen and oxygen atoms in total. The molecular weight excluding hydrogens is 355 g/mol. The van der Waals surface area contributed by atoms with E-state index < -0.39 is 5.91 Å². The van der Waals surface area contributed by atoms with E-state index in [9.17, 15) is 9.18 Å². The van der Waals surface area contributed by atoms with Crippen molar-refractivity contribution >= 4 is 27.5 Å². The summed E-state index contributed by atoms with van der Waals surface area (Å²) < 4.78 is 26.4. The van der Waals surface area contributed by atoms with Gasteiger partial charge in [0.25, 0.3) is 5.91 Å². The SMILES string of the molecule is C#CCn1c(=NC(=O)c2c(OC)cccc2OC)sc2cc(F)ccc21. The minimum absolute atomic E-state index is 0.209. The molecule has 0 aliphatic carbocycles. The third-order valence-electron chi connectivity index (χ3n) is 3.73. The van der Waals surface area contributed by atoms with Gasteiger partial charge in [-0.05, 0) is 30.3 Å². The number of hydrogen-bond donors (Lipinski definition) is 0. The van der Waals surface area contributed by atoms with Crippen molar-refractivity contribution in [1.29, 1.82) is 0 Å². The molecule has 0 radical (unpaired) electrons. The normalized spacial score (nSPS) is 11.4. The van der Waals surface area contributed by atoms with E-state index in [4.69, 9.17) is 15.9 Å². The Kier molecular flexibility index (Phi) is 5.05. The maximum absolute atomic E-state index is 13.5. The van der Waals surface area contributed by atoms with Crippen molar-refractivity contribution in [3.63, 3.8) is 0 Å². The van der Waals surface area contributed by atoms with Crippen LogP contribution in [0.1, 0.15) is 10.4 Å². The topological polar surface area (TPSA) is 52.8 Å². The van der Waals surface area contributed by atoms with Gasteiger partial charge in [-0.2, -0.15) is 4.99 Å². The average molecular weight is 370 g/mol. The number of thiazole rings is 1. The quantitative estimate of drug-likeness (QED) is 0.663. The zero-order chi connectivity index (χ0) is 18.7. The molecule has 1 amide bonds. The number of fused-ring (bicyclic) bond motifs is 1. The smallest absolute Gasteiger partial charge is 0.287 e. The Morgan fingerprint density at radius 3 is 2.58 bits per heavy atom. The predicted octanol–water partition coefficient (Wildman–Crippen LogP) is 3.23. The standard InChI is InChI=1S/C19H15FN2O3S/c1-4-10-22-13-9-8-12(20)11-16(13)26-19(22)21-18(23)17-14(24-2)6-5-7-15(17)25-3/h1,5-9,11H,10H2,2-3H3. The summed E-state index contributed by atoms with van der Waals surface area (Å²) in [5.74, 6) is 2.35. The first-order valence-electron chi connectivity index (χ1n) is 7.61. The van der Waals surface area contributed by atoms with E-state index in [2.05, 4.69) is 10.9 Å². The van der Waals surface area contributed by atoms with Crippen molar-refractivity contribution in [2.24, 2.45) is 4.99 Å². The van der Waals surface area contributed by atoms with Crippen LogP contribution in [0.4, 0.5) is 4.39 Å². The highest BCUT2D eigenvalue weighted by Gasteiger charge is 2.18. The Morgan fingerprint density at radius 1 is 1.27 bits per heavy atom. The minimum Gasteiger partial charge on any atom is -0.496 e. The molecule has 0 bridgehead atoms. The van der Waals surface area contributed by atoms with Crippen LogP contribution in [0.15, 0.2) is 41.4 Å². The summed E-state index contributed by atoms with van der Waals surface area (Å²) in [5, 5.41) is 0. The lowest BCUT2D eigenvalue weighted by Crippen LogP contribution is -2.17. The Bertz CT molecular complexity index is 1070. The minimum atomic E-state index is -0.530. The van der Waals surface area contributed by atoms with Crippen LogP contribution < -0.4 is 14.3 Å². The molecule has 0 saturated heterocycles. The van der Waals surface area contributed by atoms with Gasteiger partial charge in [0.15, 0.2) is 4.80 Å². The summed E-state index contributed by atoms with van der Waals surface area (Å²) in [5.41, 5.74) is 0.932. The third-order valence-corrected chi connectivity index (χ3v) is 4.77. The second-order valence-corrected chi connectivity index (χ2v) is 6.25. The molecule has 7 heteroatoms. The zero-order valence-corrected chi connectivity index (χ0v) is 15.0. The molecular formula is C19H15FN2O3S. The largest absolute Gasteiger partial charge is 0.496 e. The monoisotopic (exact) mass is 370 g/mol. The van der Waals surface area contributed by atoms with Crippen molar-refractivity contribution < 1.29 is 18.7 Å². The van der Waals surface area contributed by atoms with E-state index in [1.165, 1.54) is 37.7 Å². The van der Waals surface area contributed by atoms with Gasteiger partial charge in [0, 0.05) is 0 Å². The molecule has 0 atom stereocenters. The first-order valence-corrected chi connectivity index (χ1v) is 8.43. The number of carbonyl (C=O) groups is 1. The number of halogens is 1. The first kappa shape index (κ1) is 17.7. The number of amides is 1. The van der Waals surface area contributed by atoms with Gasteiger partial charge in [0.2, 0.25) is 0 Å². The molecule has 0 aliphatic heterocycles. The molecule has 1 heterocycles. The molecule has 3 aromatic rings. The third kappa shape index (κ3) is 3.19. The highest BCUT2D eigenvalue weighted by Crippen LogP contribution is 2.29. The fourth-order valence-corrected chi connectivity index (χ4v) is 3.63. The summed E-state index contributed by atoms with van der Waals surface area (Å²) in [4.78, 5) is 17.4. The van der Waals surface area contributed by atoms with Crippen LogP contribution in [0.2, 0.25) is 0 Å². The van der Waals surface area contributed by atoms with Gasteiger partial charge < -0.3 is 14.0 Å². The Hall–Kier alpha value is -3.11. The van der Waals surface area contributed by atoms with E-state index in [1.807, 2.05) is 0 Å². The summed E-state index contributed by atoms with van der Waals surface area (Å²) >= 11 is 1.19. The number of benzene rings is 2. The predicted molar refractivity (Wildman–Crippen MR) is 98.0 cm³/mol. The van der Waals surface area contributed by atoms with Crippen molar-refractivity contribution in [2.75, 3.05) is 14.2 Å². The molecule has 0 aliphatic rings. The van der Waals surface area contributed by atoms with Gasteiger partial charge in [-0.1, -0.05) is 23.3 Å². The molecule has 132 valence electrons. The molecule has 0 fully saturated rings. The van der Waals surface area contributed by atoms with Crippen molar-refractivity contribution in [2.45, 2.75) is 6.54 Å². The van der Waals surface area contributed by atoms with Crippen LogP contribution in [-0.2, 0) is 6.54 Å². The second kappa shape index (κ2) is 7.42. The lowest BCUT2D eigenvalue weighted by atomic mass is 10.1. The zero-order valence-electron chi connectivity index (χ0n) is 14.2. The number of terminal acetylenes is 1. The lowest BCUT2D eigenvalue weighted by Gasteiger charge is -2.09. The number of rotatable bonds is 4. The number of hydrogen-bond acceptors (Lipinski definition) is 4. The fourth-order valence-electron chi connectivity index (χ4n) is 2.58. The first-order chi connectivity index (χ1) is 12.6. The summed E-state index contributed by atoms with van der Waals surface area (Å²) in [6, 6.07) is 9.38. The van der Waals surface area contributed by atoms with E-state index in [0.29, 0.717) is 26.5 Å². The Labute approximate surface area is 153 Å².